The van der Waals surface area contributed by atoms with Crippen LogP contribution in [0, 0.1) is 6.92 Å². The lowest BCUT2D eigenvalue weighted by molar-refractivity contribution is -0.311. The smallest absolute Gasteiger partial charge is 0.221 e. The molecule has 1 saturated heterocycles. The number of aryl methyl sites for hydroxylation is 1. The first kappa shape index (κ1) is 14.9. The van der Waals surface area contributed by atoms with Crippen molar-refractivity contribution in [2.45, 2.75) is 43.9 Å². The number of hydrogen-bond acceptors (Lipinski definition) is 4. The van der Waals surface area contributed by atoms with Gasteiger partial charge in [-0.2, -0.15) is 0 Å². The van der Waals surface area contributed by atoms with Crippen LogP contribution in [0.3, 0.4) is 0 Å². The Morgan fingerprint density at radius 2 is 1.80 bits per heavy atom. The standard InChI is InChI=1S/C15H19NO3S/c1-9-5-7-11(8-6-9)13-16(10(2)17)12(14(18)19)15(3,4)20-13/h5-8,12-13H,1-4H3,(H,18,19)/p-1/t12-,13+/m0/s1. The molecule has 5 heteroatoms. The Bertz CT molecular complexity index is 539. The minimum Gasteiger partial charge on any atom is -0.548 e. The maximum absolute atomic E-state index is 11.9. The molecular formula is C15H18NO3S-. The van der Waals surface area contributed by atoms with E-state index in [4.69, 9.17) is 0 Å². The van der Waals surface area contributed by atoms with Crippen molar-refractivity contribution in [2.75, 3.05) is 0 Å². The van der Waals surface area contributed by atoms with Gasteiger partial charge in [-0.15, -0.1) is 11.8 Å². The number of carbonyl (C=O) groups excluding carboxylic acids is 2. The Morgan fingerprint density at radius 1 is 1.25 bits per heavy atom. The number of carbonyl (C=O) groups is 2. The predicted octanol–water partition coefficient (Wildman–Crippen LogP) is 1.49. The van der Waals surface area contributed by atoms with E-state index in [2.05, 4.69) is 0 Å². The molecule has 1 aromatic carbocycles. The van der Waals surface area contributed by atoms with Gasteiger partial charge in [0.2, 0.25) is 5.91 Å². The Balaban J connectivity index is 2.45. The molecule has 0 aliphatic carbocycles. The monoisotopic (exact) mass is 292 g/mol. The van der Waals surface area contributed by atoms with Crippen LogP contribution in [0.2, 0.25) is 0 Å². The van der Waals surface area contributed by atoms with E-state index in [9.17, 15) is 14.7 Å². The molecule has 0 unspecified atom stereocenters. The van der Waals surface area contributed by atoms with Gasteiger partial charge in [0.1, 0.15) is 5.37 Å². The van der Waals surface area contributed by atoms with E-state index in [0.717, 1.165) is 11.1 Å². The summed E-state index contributed by atoms with van der Waals surface area (Å²) in [6.45, 7) is 7.06. The van der Waals surface area contributed by atoms with Crippen LogP contribution < -0.4 is 5.11 Å². The number of rotatable bonds is 2. The Labute approximate surface area is 123 Å². The number of nitrogens with zero attached hydrogens (tertiary/aromatic N) is 1. The van der Waals surface area contributed by atoms with Crippen molar-refractivity contribution < 1.29 is 14.7 Å². The second-order valence-corrected chi connectivity index (χ2v) is 7.37. The Morgan fingerprint density at radius 3 is 2.25 bits per heavy atom. The largest absolute Gasteiger partial charge is 0.548 e. The fraction of sp³-hybridized carbons (Fsp3) is 0.467. The fourth-order valence-electron chi connectivity index (χ4n) is 2.58. The second kappa shape index (κ2) is 5.13. The first-order valence-corrected chi connectivity index (χ1v) is 7.36. The topological polar surface area (TPSA) is 60.4 Å². The number of thioether (sulfide) groups is 1. The molecule has 1 amide bonds. The van der Waals surface area contributed by atoms with Gasteiger partial charge >= 0.3 is 0 Å². The molecule has 2 atom stereocenters. The molecule has 0 N–H and O–H groups in total. The molecular weight excluding hydrogens is 274 g/mol. The van der Waals surface area contributed by atoms with Crippen molar-refractivity contribution >= 4 is 23.6 Å². The molecule has 0 aromatic heterocycles. The molecule has 2 rings (SSSR count). The number of hydrogen-bond donors (Lipinski definition) is 0. The molecule has 1 aromatic rings. The number of amides is 1. The highest BCUT2D eigenvalue weighted by Gasteiger charge is 2.49. The third-order valence-corrected chi connectivity index (χ3v) is 5.11. The molecule has 0 saturated carbocycles. The second-order valence-electron chi connectivity index (χ2n) is 5.63. The summed E-state index contributed by atoms with van der Waals surface area (Å²) in [7, 11) is 0. The summed E-state index contributed by atoms with van der Waals surface area (Å²) in [5, 5.41) is 11.2. The van der Waals surface area contributed by atoms with Gasteiger partial charge in [-0.05, 0) is 26.3 Å². The Hall–Kier alpha value is -1.49. The summed E-state index contributed by atoms with van der Waals surface area (Å²) in [5.41, 5.74) is 2.06. The third kappa shape index (κ3) is 2.54. The first-order chi connectivity index (χ1) is 9.24. The fourth-order valence-corrected chi connectivity index (χ4v) is 4.17. The summed E-state index contributed by atoms with van der Waals surface area (Å²) in [6, 6.07) is 6.89. The maximum atomic E-state index is 11.9. The van der Waals surface area contributed by atoms with E-state index >= 15 is 0 Å². The van der Waals surface area contributed by atoms with Crippen LogP contribution in [0.25, 0.3) is 0 Å². The summed E-state index contributed by atoms with van der Waals surface area (Å²) >= 11 is 1.48. The zero-order valence-electron chi connectivity index (χ0n) is 12.0. The lowest BCUT2D eigenvalue weighted by Crippen LogP contribution is -2.54. The summed E-state index contributed by atoms with van der Waals surface area (Å²) in [5.74, 6) is -1.45. The van der Waals surface area contributed by atoms with E-state index in [1.807, 2.05) is 45.0 Å². The van der Waals surface area contributed by atoms with Crippen LogP contribution in [-0.2, 0) is 9.59 Å². The van der Waals surface area contributed by atoms with Gasteiger partial charge < -0.3 is 14.8 Å². The molecule has 108 valence electrons. The lowest BCUT2D eigenvalue weighted by Gasteiger charge is -2.32. The van der Waals surface area contributed by atoms with Gasteiger partial charge in [-0.1, -0.05) is 29.8 Å². The molecule has 1 aliphatic heterocycles. The van der Waals surface area contributed by atoms with Crippen molar-refractivity contribution in [1.29, 1.82) is 0 Å². The maximum Gasteiger partial charge on any atom is 0.221 e. The molecule has 1 fully saturated rings. The number of carboxylic acid groups (broad SMARTS) is 1. The normalized spacial score (nSPS) is 24.7. The zero-order valence-corrected chi connectivity index (χ0v) is 12.9. The van der Waals surface area contributed by atoms with E-state index in [-0.39, 0.29) is 11.3 Å². The van der Waals surface area contributed by atoms with Gasteiger partial charge in [-0.25, -0.2) is 0 Å². The minimum absolute atomic E-state index is 0.247. The van der Waals surface area contributed by atoms with Gasteiger partial charge in [0.05, 0.1) is 12.0 Å². The first-order valence-electron chi connectivity index (χ1n) is 6.48. The predicted molar refractivity (Wildman–Crippen MR) is 76.9 cm³/mol. The lowest BCUT2D eigenvalue weighted by atomic mass is 10.0. The highest BCUT2D eigenvalue weighted by Crippen LogP contribution is 2.52. The third-order valence-electron chi connectivity index (χ3n) is 3.55. The van der Waals surface area contributed by atoms with Gasteiger partial charge in [0, 0.05) is 11.7 Å². The van der Waals surface area contributed by atoms with E-state index in [1.165, 1.54) is 23.6 Å². The summed E-state index contributed by atoms with van der Waals surface area (Å²) in [4.78, 5) is 24.8. The van der Waals surface area contributed by atoms with Crippen LogP contribution in [-0.4, -0.2) is 27.6 Å². The average molecular weight is 292 g/mol. The quantitative estimate of drug-likeness (QED) is 0.828. The molecule has 1 heterocycles. The molecule has 0 bridgehead atoms. The van der Waals surface area contributed by atoms with E-state index < -0.39 is 16.8 Å². The number of carboxylic acids is 1. The van der Waals surface area contributed by atoms with Crippen LogP contribution in [0.1, 0.15) is 37.3 Å². The number of aliphatic carboxylic acids is 1. The Kier molecular flexibility index (Phi) is 3.82. The summed E-state index contributed by atoms with van der Waals surface area (Å²) in [6.07, 6.45) is 0. The van der Waals surface area contributed by atoms with Gasteiger partial charge in [0.25, 0.3) is 0 Å². The van der Waals surface area contributed by atoms with E-state index in [1.54, 1.807) is 0 Å². The summed E-state index contributed by atoms with van der Waals surface area (Å²) < 4.78 is -0.583. The molecule has 0 spiro atoms. The zero-order chi connectivity index (χ0) is 15.1. The molecule has 4 nitrogen and oxygen atoms in total. The van der Waals surface area contributed by atoms with Gasteiger partial charge in [-0.3, -0.25) is 4.79 Å². The average Bonchev–Trinajstić information content (AvgIpc) is 2.62. The van der Waals surface area contributed by atoms with Crippen molar-refractivity contribution in [1.82, 2.24) is 4.90 Å². The van der Waals surface area contributed by atoms with Crippen molar-refractivity contribution in [2.24, 2.45) is 0 Å². The van der Waals surface area contributed by atoms with Crippen LogP contribution >= 0.6 is 11.8 Å². The molecule has 1 aliphatic rings. The van der Waals surface area contributed by atoms with Gasteiger partial charge in [0.15, 0.2) is 0 Å². The van der Waals surface area contributed by atoms with Crippen molar-refractivity contribution in [3.63, 3.8) is 0 Å². The van der Waals surface area contributed by atoms with Crippen LogP contribution in [0.4, 0.5) is 0 Å². The highest BCUT2D eigenvalue weighted by molar-refractivity contribution is 8.01. The molecule has 20 heavy (non-hydrogen) atoms. The van der Waals surface area contributed by atoms with Crippen molar-refractivity contribution in [3.05, 3.63) is 35.4 Å². The van der Waals surface area contributed by atoms with Crippen molar-refractivity contribution in [3.8, 4) is 0 Å². The van der Waals surface area contributed by atoms with Crippen LogP contribution in [0.15, 0.2) is 24.3 Å². The number of benzene rings is 1. The van der Waals surface area contributed by atoms with Crippen LogP contribution in [0.5, 0.6) is 0 Å². The van der Waals surface area contributed by atoms with E-state index in [0.29, 0.717) is 0 Å². The molecule has 0 radical (unpaired) electrons. The highest BCUT2D eigenvalue weighted by atomic mass is 32.2. The minimum atomic E-state index is -1.20. The SMILES string of the molecule is CC(=O)N1[C@@H](c2ccc(C)cc2)SC(C)(C)[C@@H]1C(=O)[O-].